The fraction of sp³-hybridized carbons (Fsp3) is 0.538. The summed E-state index contributed by atoms with van der Waals surface area (Å²) in [4.78, 5) is 0.353. The van der Waals surface area contributed by atoms with Gasteiger partial charge in [0.25, 0.3) is 0 Å². The van der Waals surface area contributed by atoms with Crippen molar-refractivity contribution < 1.29 is 8.42 Å². The summed E-state index contributed by atoms with van der Waals surface area (Å²) in [6, 6.07) is 6.99. The second-order valence-corrected chi connectivity index (χ2v) is 6.48. The van der Waals surface area contributed by atoms with Crippen molar-refractivity contribution in [1.82, 2.24) is 4.72 Å². The van der Waals surface area contributed by atoms with Crippen molar-refractivity contribution in [1.29, 1.82) is 0 Å². The number of alkyl halides is 1. The Morgan fingerprint density at radius 2 is 2.00 bits per heavy atom. The van der Waals surface area contributed by atoms with Gasteiger partial charge in [0.1, 0.15) is 0 Å². The lowest BCUT2D eigenvalue weighted by Crippen LogP contribution is -2.30. The van der Waals surface area contributed by atoms with Crippen LogP contribution in [0.15, 0.2) is 29.2 Å². The van der Waals surface area contributed by atoms with Crippen LogP contribution in [0, 0.1) is 12.8 Å². The van der Waals surface area contributed by atoms with Crippen LogP contribution in [0.3, 0.4) is 0 Å². The Kier molecular flexibility index (Phi) is 6.12. The van der Waals surface area contributed by atoms with E-state index in [1.54, 1.807) is 25.1 Å². The second kappa shape index (κ2) is 7.12. The van der Waals surface area contributed by atoms with Crippen LogP contribution in [0.4, 0.5) is 0 Å². The summed E-state index contributed by atoms with van der Waals surface area (Å²) in [5.74, 6) is 0.853. The number of benzene rings is 1. The quantitative estimate of drug-likeness (QED) is 0.785. The molecule has 5 heteroatoms. The molecule has 0 saturated heterocycles. The lowest BCUT2D eigenvalue weighted by molar-refractivity contribution is 0.481. The van der Waals surface area contributed by atoms with Gasteiger partial charge >= 0.3 is 0 Å². The molecular formula is C13H20ClNO2S. The summed E-state index contributed by atoms with van der Waals surface area (Å²) in [6.07, 6.45) is 1.75. The molecule has 3 nitrogen and oxygen atoms in total. The fourth-order valence-electron chi connectivity index (χ4n) is 1.77. The molecule has 0 aliphatic rings. The zero-order chi connectivity index (χ0) is 13.6. The van der Waals surface area contributed by atoms with Crippen molar-refractivity contribution in [2.45, 2.75) is 31.6 Å². The first-order valence-corrected chi connectivity index (χ1v) is 8.14. The van der Waals surface area contributed by atoms with Crippen LogP contribution < -0.4 is 4.72 Å². The molecule has 0 spiro atoms. The van der Waals surface area contributed by atoms with Gasteiger partial charge < -0.3 is 0 Å². The number of hydrogen-bond donors (Lipinski definition) is 1. The number of sulfonamides is 1. The molecule has 0 fully saturated rings. The van der Waals surface area contributed by atoms with Crippen molar-refractivity contribution in [2.75, 3.05) is 12.4 Å². The normalized spacial score (nSPS) is 13.5. The molecule has 0 saturated carbocycles. The van der Waals surface area contributed by atoms with Crippen molar-refractivity contribution in [2.24, 2.45) is 5.92 Å². The van der Waals surface area contributed by atoms with E-state index >= 15 is 0 Å². The molecule has 1 unspecified atom stereocenters. The Balaban J connectivity index is 2.74. The van der Waals surface area contributed by atoms with Crippen molar-refractivity contribution in [3.63, 3.8) is 0 Å². The summed E-state index contributed by atoms with van der Waals surface area (Å²) in [5, 5.41) is 0. The highest BCUT2D eigenvalue weighted by molar-refractivity contribution is 7.89. The van der Waals surface area contributed by atoms with Gasteiger partial charge in [-0.1, -0.05) is 31.5 Å². The minimum absolute atomic E-state index is 0.293. The second-order valence-electron chi connectivity index (χ2n) is 4.37. The maximum absolute atomic E-state index is 12.1. The van der Waals surface area contributed by atoms with Crippen LogP contribution in [0.5, 0.6) is 0 Å². The van der Waals surface area contributed by atoms with E-state index in [9.17, 15) is 8.42 Å². The number of aryl methyl sites for hydroxylation is 1. The number of halogens is 1. The van der Waals surface area contributed by atoms with E-state index in [1.807, 2.05) is 13.0 Å². The van der Waals surface area contributed by atoms with E-state index in [0.717, 1.165) is 18.4 Å². The summed E-state index contributed by atoms with van der Waals surface area (Å²) < 4.78 is 26.9. The zero-order valence-corrected chi connectivity index (χ0v) is 12.4. The van der Waals surface area contributed by atoms with E-state index in [2.05, 4.69) is 4.72 Å². The third kappa shape index (κ3) is 4.26. The Labute approximate surface area is 115 Å². The lowest BCUT2D eigenvalue weighted by Gasteiger charge is -2.15. The van der Waals surface area contributed by atoms with Crippen LogP contribution in [-0.2, 0) is 10.0 Å². The molecule has 1 atom stereocenters. The molecule has 0 aliphatic carbocycles. The number of rotatable bonds is 7. The van der Waals surface area contributed by atoms with Crippen molar-refractivity contribution in [3.05, 3.63) is 29.8 Å². The maximum Gasteiger partial charge on any atom is 0.240 e. The molecule has 0 amide bonds. The standard InChI is InChI=1S/C13H20ClNO2S/c1-3-12(8-9-14)10-15-18(16,17)13-7-5-4-6-11(13)2/h4-7,12,15H,3,8-10H2,1-2H3. The Hall–Kier alpha value is -0.580. The average molecular weight is 290 g/mol. The highest BCUT2D eigenvalue weighted by Gasteiger charge is 2.17. The first kappa shape index (κ1) is 15.5. The molecule has 0 aromatic heterocycles. The molecule has 18 heavy (non-hydrogen) atoms. The summed E-state index contributed by atoms with van der Waals surface area (Å²) in [7, 11) is -3.41. The summed E-state index contributed by atoms with van der Waals surface area (Å²) in [6.45, 7) is 4.28. The van der Waals surface area contributed by atoms with Gasteiger partial charge in [-0.05, 0) is 30.9 Å². The third-order valence-corrected chi connectivity index (χ3v) is 4.84. The topological polar surface area (TPSA) is 46.2 Å². The van der Waals surface area contributed by atoms with Crippen LogP contribution in [0.2, 0.25) is 0 Å². The van der Waals surface area contributed by atoms with Crippen LogP contribution in [0.1, 0.15) is 25.3 Å². The lowest BCUT2D eigenvalue weighted by atomic mass is 10.0. The van der Waals surface area contributed by atoms with Gasteiger partial charge in [0.2, 0.25) is 10.0 Å². The Morgan fingerprint density at radius 3 is 2.56 bits per heavy atom. The van der Waals surface area contributed by atoms with E-state index in [-0.39, 0.29) is 0 Å². The largest absolute Gasteiger partial charge is 0.240 e. The van der Waals surface area contributed by atoms with Crippen LogP contribution in [0.25, 0.3) is 0 Å². The van der Waals surface area contributed by atoms with Gasteiger partial charge in [-0.3, -0.25) is 0 Å². The molecule has 1 aromatic rings. The van der Waals surface area contributed by atoms with Gasteiger partial charge in [-0.15, -0.1) is 11.6 Å². The molecule has 1 N–H and O–H groups in total. The summed E-state index contributed by atoms with van der Waals surface area (Å²) in [5.41, 5.74) is 0.760. The molecule has 0 radical (unpaired) electrons. The molecule has 0 bridgehead atoms. The Morgan fingerprint density at radius 1 is 1.33 bits per heavy atom. The highest BCUT2D eigenvalue weighted by Crippen LogP contribution is 2.15. The van der Waals surface area contributed by atoms with Gasteiger partial charge in [-0.2, -0.15) is 0 Å². The zero-order valence-electron chi connectivity index (χ0n) is 10.8. The fourth-order valence-corrected chi connectivity index (χ4v) is 3.44. The van der Waals surface area contributed by atoms with Crippen molar-refractivity contribution in [3.8, 4) is 0 Å². The molecular weight excluding hydrogens is 270 g/mol. The maximum atomic E-state index is 12.1. The molecule has 1 rings (SSSR count). The molecule has 102 valence electrons. The predicted molar refractivity (Wildman–Crippen MR) is 75.5 cm³/mol. The van der Waals surface area contributed by atoms with E-state index in [1.165, 1.54) is 0 Å². The first-order chi connectivity index (χ1) is 8.51. The number of hydrogen-bond acceptors (Lipinski definition) is 2. The highest BCUT2D eigenvalue weighted by atomic mass is 35.5. The molecule has 0 aliphatic heterocycles. The SMILES string of the molecule is CCC(CCCl)CNS(=O)(=O)c1ccccc1C. The van der Waals surface area contributed by atoms with E-state index < -0.39 is 10.0 Å². The van der Waals surface area contributed by atoms with Gasteiger partial charge in [-0.25, -0.2) is 13.1 Å². The van der Waals surface area contributed by atoms with Crippen LogP contribution in [-0.4, -0.2) is 20.8 Å². The van der Waals surface area contributed by atoms with E-state index in [0.29, 0.717) is 23.2 Å². The Bertz CT molecular complexity index is 474. The number of nitrogens with one attached hydrogen (secondary N) is 1. The third-order valence-electron chi connectivity index (χ3n) is 3.04. The average Bonchev–Trinajstić information content (AvgIpc) is 2.34. The smallest absolute Gasteiger partial charge is 0.211 e. The minimum atomic E-state index is -3.41. The summed E-state index contributed by atoms with van der Waals surface area (Å²) >= 11 is 5.69. The van der Waals surface area contributed by atoms with Gasteiger partial charge in [0.15, 0.2) is 0 Å². The van der Waals surface area contributed by atoms with Crippen molar-refractivity contribution >= 4 is 21.6 Å². The van der Waals surface area contributed by atoms with Crippen LogP contribution >= 0.6 is 11.6 Å². The first-order valence-electron chi connectivity index (χ1n) is 6.12. The molecule has 1 aromatic carbocycles. The molecule has 0 heterocycles. The minimum Gasteiger partial charge on any atom is -0.211 e. The monoisotopic (exact) mass is 289 g/mol. The van der Waals surface area contributed by atoms with E-state index in [4.69, 9.17) is 11.6 Å². The van der Waals surface area contributed by atoms with Gasteiger partial charge in [0.05, 0.1) is 4.90 Å². The van der Waals surface area contributed by atoms with Gasteiger partial charge in [0, 0.05) is 12.4 Å². The predicted octanol–water partition coefficient (Wildman–Crippen LogP) is 2.93.